The SMILES string of the molecule is C=Cc1ccc(-c2c3nc(c(-c4ccc(C=C)cc4)c4ccc([n-]4)c(-c4ccc(C=C)cc4)c4nc(c(-c5ccc(C=C)cc5)c5ccc2[n-]5)C=C4)C=C3)cc1.[Co+2]. The Morgan fingerprint density at radius 1 is 0.316 bits per heavy atom. The van der Waals surface area contributed by atoms with Crippen LogP contribution in [0.15, 0.2) is 148 Å². The molecular weight excluding hydrogens is 740 g/mol. The van der Waals surface area contributed by atoms with E-state index < -0.39 is 0 Å². The molecular formula is C52H36CoN4. The zero-order valence-corrected chi connectivity index (χ0v) is 32.2. The molecule has 8 bridgehead atoms. The molecule has 3 aromatic heterocycles. The molecule has 57 heavy (non-hydrogen) atoms. The molecule has 2 aliphatic heterocycles. The van der Waals surface area contributed by atoms with Gasteiger partial charge < -0.3 is 9.97 Å². The molecule has 5 heteroatoms. The fourth-order valence-electron chi connectivity index (χ4n) is 7.41. The van der Waals surface area contributed by atoms with Crippen LogP contribution in [0.3, 0.4) is 0 Å². The molecule has 0 fully saturated rings. The van der Waals surface area contributed by atoms with Crippen molar-refractivity contribution in [2.75, 3.05) is 0 Å². The first kappa shape index (κ1) is 36.9. The molecule has 0 atom stereocenters. The first-order chi connectivity index (χ1) is 27.5. The van der Waals surface area contributed by atoms with Crippen molar-refractivity contribution in [3.63, 3.8) is 0 Å². The summed E-state index contributed by atoms with van der Waals surface area (Å²) in [6, 6.07) is 41.8. The van der Waals surface area contributed by atoms with Crippen LogP contribution >= 0.6 is 0 Å². The Bertz CT molecular complexity index is 2540. The third kappa shape index (κ3) is 6.91. The molecule has 0 saturated carbocycles. The van der Waals surface area contributed by atoms with Gasteiger partial charge in [0.1, 0.15) is 0 Å². The van der Waals surface area contributed by atoms with Gasteiger partial charge >= 0.3 is 16.8 Å². The van der Waals surface area contributed by atoms with Gasteiger partial charge in [0.2, 0.25) is 0 Å². The smallest absolute Gasteiger partial charge is 0.657 e. The standard InChI is InChI=1S/C52H36N4.Co/c1-5-33-9-17-37(18-10-33)49-41-25-27-43(53-41)50(38-19-11-34(6-2)12-20-38)45-29-31-47(55-45)52(40-23-15-36(8-4)16-24-40)48-32-30-46(56-48)51(44-28-26-42(49)54-44)39-21-13-35(7-3)14-22-39;/h5-32H,1-4H2;/q-2;+2. The van der Waals surface area contributed by atoms with Gasteiger partial charge in [-0.3, -0.25) is 0 Å². The van der Waals surface area contributed by atoms with Crippen molar-refractivity contribution in [1.29, 1.82) is 0 Å². The van der Waals surface area contributed by atoms with E-state index >= 15 is 0 Å². The molecule has 4 aromatic carbocycles. The van der Waals surface area contributed by atoms with Crippen LogP contribution in [0.2, 0.25) is 0 Å². The first-order valence-corrected chi connectivity index (χ1v) is 18.5. The maximum Gasteiger partial charge on any atom is 2.00 e. The molecule has 5 heterocycles. The van der Waals surface area contributed by atoms with E-state index in [0.29, 0.717) is 0 Å². The number of fused-ring (bicyclic) bond motifs is 8. The van der Waals surface area contributed by atoms with Gasteiger partial charge in [0.25, 0.3) is 0 Å². The molecule has 0 aliphatic carbocycles. The second-order valence-corrected chi connectivity index (χ2v) is 13.7. The third-order valence-corrected chi connectivity index (χ3v) is 10.3. The predicted molar refractivity (Wildman–Crippen MR) is 239 cm³/mol. The average Bonchev–Trinajstić information content (AvgIpc) is 4.10. The van der Waals surface area contributed by atoms with Crippen LogP contribution in [0.25, 0.3) is 115 Å². The number of hydrogen-bond donors (Lipinski definition) is 0. The summed E-state index contributed by atoms with van der Waals surface area (Å²) in [6.07, 6.45) is 15.7. The molecule has 7 aromatic rings. The van der Waals surface area contributed by atoms with E-state index in [1.54, 1.807) is 0 Å². The number of benzene rings is 4. The third-order valence-electron chi connectivity index (χ3n) is 10.3. The molecule has 0 unspecified atom stereocenters. The van der Waals surface area contributed by atoms with Crippen LogP contribution in [0.4, 0.5) is 0 Å². The van der Waals surface area contributed by atoms with E-state index in [-0.39, 0.29) is 16.8 Å². The van der Waals surface area contributed by atoms with E-state index in [9.17, 15) is 0 Å². The summed E-state index contributed by atoms with van der Waals surface area (Å²) in [5.41, 5.74) is 18.4. The van der Waals surface area contributed by atoms with Gasteiger partial charge in [0.15, 0.2) is 0 Å². The molecule has 0 amide bonds. The van der Waals surface area contributed by atoms with E-state index in [1.807, 2.05) is 24.3 Å². The van der Waals surface area contributed by atoms with Crippen molar-refractivity contribution in [2.24, 2.45) is 0 Å². The maximum absolute atomic E-state index is 5.37. The quantitative estimate of drug-likeness (QED) is 0.154. The van der Waals surface area contributed by atoms with Gasteiger partial charge in [-0.15, -0.1) is 22.1 Å². The van der Waals surface area contributed by atoms with Gasteiger partial charge in [0, 0.05) is 0 Å². The minimum Gasteiger partial charge on any atom is -0.657 e. The van der Waals surface area contributed by atoms with Gasteiger partial charge in [-0.25, -0.2) is 9.97 Å². The molecule has 1 radical (unpaired) electrons. The van der Waals surface area contributed by atoms with Crippen molar-refractivity contribution in [1.82, 2.24) is 19.9 Å². The largest absolute Gasteiger partial charge is 2.00 e. The molecule has 0 saturated heterocycles. The van der Waals surface area contributed by atoms with Crippen molar-refractivity contribution in [2.45, 2.75) is 0 Å². The summed E-state index contributed by atoms with van der Waals surface area (Å²) < 4.78 is 0. The Balaban J connectivity index is 0.00000455. The van der Waals surface area contributed by atoms with Crippen LogP contribution in [-0.4, -0.2) is 9.97 Å². The summed E-state index contributed by atoms with van der Waals surface area (Å²) in [6.45, 7) is 15.9. The monoisotopic (exact) mass is 775 g/mol. The Hall–Kier alpha value is -7.05. The van der Waals surface area contributed by atoms with E-state index in [4.69, 9.17) is 19.9 Å². The predicted octanol–water partition coefficient (Wildman–Crippen LogP) is 13.2. The zero-order chi connectivity index (χ0) is 38.2. The molecule has 2 aliphatic rings. The fraction of sp³-hybridized carbons (Fsp3) is 0. The average molecular weight is 776 g/mol. The fourth-order valence-corrected chi connectivity index (χ4v) is 7.41. The van der Waals surface area contributed by atoms with Gasteiger partial charge in [-0.05, 0) is 91.1 Å². The number of aromatic nitrogens is 4. The maximum atomic E-state index is 5.37. The number of nitrogens with zero attached hydrogens (tertiary/aromatic N) is 4. The molecule has 4 nitrogen and oxygen atoms in total. The molecule has 0 spiro atoms. The van der Waals surface area contributed by atoms with E-state index in [0.717, 1.165) is 112 Å². The zero-order valence-electron chi connectivity index (χ0n) is 31.1. The minimum atomic E-state index is 0. The van der Waals surface area contributed by atoms with Gasteiger partial charge in [-0.2, -0.15) is 0 Å². The molecule has 0 N–H and O–H groups in total. The second-order valence-electron chi connectivity index (χ2n) is 13.7. The van der Waals surface area contributed by atoms with Crippen molar-refractivity contribution >= 4 is 70.7 Å². The van der Waals surface area contributed by atoms with Crippen molar-refractivity contribution in [3.05, 3.63) is 193 Å². The Kier molecular flexibility index (Phi) is 10.1. The molecule has 9 rings (SSSR count). The normalized spacial score (nSPS) is 11.5. The summed E-state index contributed by atoms with van der Waals surface area (Å²) in [5, 5.41) is 0. The first-order valence-electron chi connectivity index (χ1n) is 18.5. The van der Waals surface area contributed by atoms with E-state index in [2.05, 4.69) is 172 Å². The van der Waals surface area contributed by atoms with Crippen LogP contribution in [0.1, 0.15) is 45.0 Å². The summed E-state index contributed by atoms with van der Waals surface area (Å²) in [4.78, 5) is 21.5. The van der Waals surface area contributed by atoms with Gasteiger partial charge in [0.05, 0.1) is 22.8 Å². The number of hydrogen-bond acceptors (Lipinski definition) is 2. The van der Waals surface area contributed by atoms with Crippen LogP contribution in [-0.2, 0) is 16.8 Å². The minimum absolute atomic E-state index is 0. The topological polar surface area (TPSA) is 54.0 Å². The van der Waals surface area contributed by atoms with Crippen LogP contribution in [0.5, 0.6) is 0 Å². The van der Waals surface area contributed by atoms with Crippen LogP contribution < -0.4 is 9.97 Å². The van der Waals surface area contributed by atoms with Crippen LogP contribution in [0, 0.1) is 0 Å². The summed E-state index contributed by atoms with van der Waals surface area (Å²) >= 11 is 0. The molecule has 273 valence electrons. The Labute approximate surface area is 343 Å². The van der Waals surface area contributed by atoms with Crippen molar-refractivity contribution in [3.8, 4) is 44.5 Å². The van der Waals surface area contributed by atoms with Gasteiger partial charge in [-0.1, -0.05) is 172 Å². The van der Waals surface area contributed by atoms with Crippen molar-refractivity contribution < 1.29 is 16.8 Å². The summed E-state index contributed by atoms with van der Waals surface area (Å²) in [5.74, 6) is 0. The Morgan fingerprint density at radius 3 is 0.719 bits per heavy atom. The Morgan fingerprint density at radius 2 is 0.526 bits per heavy atom. The summed E-state index contributed by atoms with van der Waals surface area (Å²) in [7, 11) is 0. The second kappa shape index (κ2) is 15.6. The van der Waals surface area contributed by atoms with E-state index in [1.165, 1.54) is 0 Å². The number of rotatable bonds is 8.